The number of carbonyl (C=O) groups is 2. The fourth-order valence-electron chi connectivity index (χ4n) is 3.64. The van der Waals surface area contributed by atoms with E-state index in [-0.39, 0.29) is 17.1 Å². The molecule has 0 radical (unpaired) electrons. The maximum atomic E-state index is 13.0. The predicted molar refractivity (Wildman–Crippen MR) is 97.2 cm³/mol. The van der Waals surface area contributed by atoms with Crippen LogP contribution in [0, 0.1) is 13.8 Å². The second-order valence-corrected chi connectivity index (χ2v) is 7.96. The lowest BCUT2D eigenvalue weighted by molar-refractivity contribution is -0.122. The summed E-state index contributed by atoms with van der Waals surface area (Å²) in [5.41, 5.74) is 4.57. The van der Waals surface area contributed by atoms with Crippen molar-refractivity contribution in [2.24, 2.45) is 0 Å². The average Bonchev–Trinajstić information content (AvgIpc) is 2.94. The molecule has 2 amide bonds. The predicted octanol–water partition coefficient (Wildman–Crippen LogP) is 3.58. The maximum absolute atomic E-state index is 13.0. The van der Waals surface area contributed by atoms with Crippen molar-refractivity contribution in [3.05, 3.63) is 59.2 Å². The number of anilines is 2. The lowest BCUT2D eigenvalue weighted by Gasteiger charge is -2.32. The van der Waals surface area contributed by atoms with Crippen LogP contribution in [0.2, 0.25) is 0 Å². The molecule has 1 N–H and O–H groups in total. The molecule has 0 saturated carbocycles. The van der Waals surface area contributed by atoms with Gasteiger partial charge in [-0.2, -0.15) is 0 Å². The van der Waals surface area contributed by atoms with Crippen LogP contribution in [0.25, 0.3) is 0 Å². The first kappa shape index (κ1) is 15.3. The molecular weight excluding hydrogens is 320 g/mol. The Morgan fingerprint density at radius 2 is 1.75 bits per heavy atom. The molecule has 4 rings (SSSR count). The number of thioether (sulfide) groups is 1. The van der Waals surface area contributed by atoms with E-state index in [2.05, 4.69) is 11.4 Å². The molecule has 1 fully saturated rings. The standard InChI is InChI=1S/C19H18N2O2S/c1-11-8-12(2)10-14(9-11)21-17(22)13(3)24-19(21)15-6-4-5-7-16(15)20-18(19)23/h4-10,13H,1-3H3,(H,20,23)/t13-,19+/m1/s1. The zero-order valence-corrected chi connectivity index (χ0v) is 14.6. The average molecular weight is 338 g/mol. The van der Waals surface area contributed by atoms with Crippen LogP contribution < -0.4 is 10.2 Å². The number of hydrogen-bond acceptors (Lipinski definition) is 3. The van der Waals surface area contributed by atoms with Gasteiger partial charge >= 0.3 is 0 Å². The second-order valence-electron chi connectivity index (χ2n) is 6.42. The number of amides is 2. The molecule has 4 nitrogen and oxygen atoms in total. The van der Waals surface area contributed by atoms with E-state index in [1.165, 1.54) is 11.8 Å². The Labute approximate surface area is 145 Å². The minimum absolute atomic E-state index is 0.0307. The summed E-state index contributed by atoms with van der Waals surface area (Å²) in [6.07, 6.45) is 0. The van der Waals surface area contributed by atoms with Crippen LogP contribution in [-0.2, 0) is 14.5 Å². The van der Waals surface area contributed by atoms with Gasteiger partial charge in [0.1, 0.15) is 0 Å². The quantitative estimate of drug-likeness (QED) is 0.865. The molecule has 2 aliphatic heterocycles. The zero-order chi connectivity index (χ0) is 17.1. The molecule has 5 heteroatoms. The summed E-state index contributed by atoms with van der Waals surface area (Å²) in [4.78, 5) is 26.6. The van der Waals surface area contributed by atoms with Gasteiger partial charge in [0.05, 0.1) is 5.25 Å². The van der Waals surface area contributed by atoms with E-state index in [1.807, 2.05) is 57.2 Å². The monoisotopic (exact) mass is 338 g/mol. The number of para-hydroxylation sites is 1. The summed E-state index contributed by atoms with van der Waals surface area (Å²) in [5, 5.41) is 2.67. The van der Waals surface area contributed by atoms with Gasteiger partial charge in [-0.05, 0) is 50.1 Å². The number of benzene rings is 2. The van der Waals surface area contributed by atoms with Crippen molar-refractivity contribution < 1.29 is 9.59 Å². The van der Waals surface area contributed by atoms with E-state index < -0.39 is 4.87 Å². The second kappa shape index (κ2) is 5.11. The Balaban J connectivity index is 1.97. The fourth-order valence-corrected chi connectivity index (χ4v) is 5.12. The number of carbonyl (C=O) groups excluding carboxylic acids is 2. The van der Waals surface area contributed by atoms with Crippen molar-refractivity contribution in [3.63, 3.8) is 0 Å². The van der Waals surface area contributed by atoms with Gasteiger partial charge in [-0.25, -0.2) is 0 Å². The third kappa shape index (κ3) is 1.94. The highest BCUT2D eigenvalue weighted by molar-refractivity contribution is 8.03. The summed E-state index contributed by atoms with van der Waals surface area (Å²) < 4.78 is 0. The van der Waals surface area contributed by atoms with Gasteiger partial charge in [0, 0.05) is 16.9 Å². The molecule has 0 unspecified atom stereocenters. The van der Waals surface area contributed by atoms with Gasteiger partial charge in [0.2, 0.25) is 10.8 Å². The molecule has 2 aliphatic rings. The fraction of sp³-hybridized carbons (Fsp3) is 0.263. The molecule has 0 aromatic heterocycles. The van der Waals surface area contributed by atoms with Crippen molar-refractivity contribution in [1.82, 2.24) is 0 Å². The number of hydrogen-bond donors (Lipinski definition) is 1. The van der Waals surface area contributed by atoms with Crippen LogP contribution >= 0.6 is 11.8 Å². The highest BCUT2D eigenvalue weighted by Crippen LogP contribution is 2.56. The van der Waals surface area contributed by atoms with E-state index in [4.69, 9.17) is 0 Å². The molecule has 1 saturated heterocycles. The number of rotatable bonds is 1. The van der Waals surface area contributed by atoms with Crippen LogP contribution in [0.15, 0.2) is 42.5 Å². The van der Waals surface area contributed by atoms with E-state index in [0.717, 1.165) is 28.1 Å². The Hall–Kier alpha value is -2.27. The van der Waals surface area contributed by atoms with Crippen LogP contribution in [0.5, 0.6) is 0 Å². The minimum atomic E-state index is -1.02. The number of fused-ring (bicyclic) bond motifs is 2. The van der Waals surface area contributed by atoms with E-state index in [1.54, 1.807) is 4.90 Å². The SMILES string of the molecule is Cc1cc(C)cc(N2C(=O)[C@@H](C)S[C@@]23C(=O)Nc2ccccc23)c1. The summed E-state index contributed by atoms with van der Waals surface area (Å²) >= 11 is 1.41. The summed E-state index contributed by atoms with van der Waals surface area (Å²) in [6.45, 7) is 5.87. The van der Waals surface area contributed by atoms with Crippen molar-refractivity contribution in [2.75, 3.05) is 10.2 Å². The van der Waals surface area contributed by atoms with Crippen LogP contribution in [-0.4, -0.2) is 17.1 Å². The number of nitrogens with zero attached hydrogens (tertiary/aromatic N) is 1. The number of nitrogens with one attached hydrogen (secondary N) is 1. The minimum Gasteiger partial charge on any atom is -0.323 e. The molecule has 2 heterocycles. The summed E-state index contributed by atoms with van der Waals surface area (Å²) in [5.74, 6) is -0.178. The molecule has 0 aliphatic carbocycles. The van der Waals surface area contributed by atoms with Gasteiger partial charge in [-0.1, -0.05) is 24.3 Å². The first-order valence-electron chi connectivity index (χ1n) is 7.94. The first-order valence-corrected chi connectivity index (χ1v) is 8.82. The Bertz CT molecular complexity index is 859. The first-order chi connectivity index (χ1) is 11.4. The van der Waals surface area contributed by atoms with Crippen LogP contribution in [0.1, 0.15) is 23.6 Å². The van der Waals surface area contributed by atoms with E-state index in [9.17, 15) is 9.59 Å². The molecule has 1 spiro atoms. The van der Waals surface area contributed by atoms with Gasteiger partial charge in [0.15, 0.2) is 0 Å². The Kier molecular flexibility index (Phi) is 3.25. The molecule has 2 atom stereocenters. The maximum Gasteiger partial charge on any atom is 0.266 e. The number of aryl methyl sites for hydroxylation is 2. The third-order valence-corrected chi connectivity index (χ3v) is 6.03. The molecular formula is C19H18N2O2S. The highest BCUT2D eigenvalue weighted by Gasteiger charge is 2.60. The summed E-state index contributed by atoms with van der Waals surface area (Å²) in [7, 11) is 0. The molecule has 122 valence electrons. The van der Waals surface area contributed by atoms with E-state index in [0.29, 0.717) is 0 Å². The lowest BCUT2D eigenvalue weighted by Crippen LogP contribution is -2.47. The van der Waals surface area contributed by atoms with Crippen molar-refractivity contribution in [3.8, 4) is 0 Å². The third-order valence-electron chi connectivity index (χ3n) is 4.54. The zero-order valence-electron chi connectivity index (χ0n) is 13.8. The molecule has 2 aromatic carbocycles. The Morgan fingerprint density at radius 1 is 1.08 bits per heavy atom. The topological polar surface area (TPSA) is 49.4 Å². The highest BCUT2D eigenvalue weighted by atomic mass is 32.2. The Morgan fingerprint density at radius 3 is 2.46 bits per heavy atom. The van der Waals surface area contributed by atoms with Gasteiger partial charge in [-0.15, -0.1) is 11.8 Å². The molecule has 0 bridgehead atoms. The van der Waals surface area contributed by atoms with Crippen LogP contribution in [0.4, 0.5) is 11.4 Å². The molecule has 24 heavy (non-hydrogen) atoms. The van der Waals surface area contributed by atoms with Gasteiger partial charge in [0.25, 0.3) is 5.91 Å². The van der Waals surface area contributed by atoms with Crippen molar-refractivity contribution in [1.29, 1.82) is 0 Å². The van der Waals surface area contributed by atoms with Gasteiger partial charge < -0.3 is 5.32 Å². The molecule has 2 aromatic rings. The van der Waals surface area contributed by atoms with Crippen molar-refractivity contribution in [2.45, 2.75) is 30.9 Å². The van der Waals surface area contributed by atoms with E-state index >= 15 is 0 Å². The largest absolute Gasteiger partial charge is 0.323 e. The summed E-state index contributed by atoms with van der Waals surface area (Å²) in [6, 6.07) is 13.6. The lowest BCUT2D eigenvalue weighted by atomic mass is 10.0. The normalized spacial score (nSPS) is 25.3. The smallest absolute Gasteiger partial charge is 0.266 e. The van der Waals surface area contributed by atoms with Crippen LogP contribution in [0.3, 0.4) is 0 Å². The van der Waals surface area contributed by atoms with Gasteiger partial charge in [-0.3, -0.25) is 14.5 Å². The van der Waals surface area contributed by atoms with Crippen molar-refractivity contribution >= 4 is 35.0 Å².